The number of hydrogen-bond donors (Lipinski definition) is 4. The standard InChI is InChI=1S/C15H16ClFO7/c16-8-2-1-3-9(17)7(8)4-11(15(21)22)23-13-5-10(19)14(20)12(6-18)24-13/h1-4,10,12-14,18-20H,5-6H2,(H,21,22). The summed E-state index contributed by atoms with van der Waals surface area (Å²) >= 11 is 5.84. The predicted octanol–water partition coefficient (Wildman–Crippen LogP) is 0.750. The Morgan fingerprint density at radius 1 is 1.46 bits per heavy atom. The average Bonchev–Trinajstić information content (AvgIpc) is 2.52. The lowest BCUT2D eigenvalue weighted by molar-refractivity contribution is -0.246. The molecule has 0 saturated carbocycles. The summed E-state index contributed by atoms with van der Waals surface area (Å²) in [5.41, 5.74) is -0.174. The molecule has 0 aliphatic carbocycles. The molecule has 4 atom stereocenters. The van der Waals surface area contributed by atoms with Gasteiger partial charge in [-0.25, -0.2) is 9.18 Å². The van der Waals surface area contributed by atoms with Crippen LogP contribution in [0.15, 0.2) is 24.0 Å². The van der Waals surface area contributed by atoms with E-state index in [4.69, 9.17) is 26.2 Å². The maximum absolute atomic E-state index is 13.8. The summed E-state index contributed by atoms with van der Waals surface area (Å²) in [6.07, 6.45) is -4.30. The molecule has 1 aromatic rings. The Labute approximate surface area is 141 Å². The summed E-state index contributed by atoms with van der Waals surface area (Å²) in [4.78, 5) is 11.3. The van der Waals surface area contributed by atoms with Crippen molar-refractivity contribution >= 4 is 23.6 Å². The van der Waals surface area contributed by atoms with E-state index in [0.29, 0.717) is 0 Å². The number of carboxylic acids is 1. The lowest BCUT2D eigenvalue weighted by Gasteiger charge is -2.36. The minimum absolute atomic E-state index is 0.00870. The number of rotatable bonds is 5. The molecule has 9 heteroatoms. The predicted molar refractivity (Wildman–Crippen MR) is 80.5 cm³/mol. The van der Waals surface area contributed by atoms with E-state index in [-0.39, 0.29) is 17.0 Å². The number of aliphatic hydroxyl groups is 3. The topological polar surface area (TPSA) is 116 Å². The summed E-state index contributed by atoms with van der Waals surface area (Å²) in [7, 11) is 0. The van der Waals surface area contributed by atoms with E-state index < -0.39 is 48.8 Å². The van der Waals surface area contributed by atoms with Crippen LogP contribution in [-0.4, -0.2) is 57.6 Å². The van der Waals surface area contributed by atoms with Crippen LogP contribution in [0.3, 0.4) is 0 Å². The first-order valence-electron chi connectivity index (χ1n) is 7.01. The highest BCUT2D eigenvalue weighted by atomic mass is 35.5. The first kappa shape index (κ1) is 18.6. The molecule has 1 saturated heterocycles. The first-order valence-corrected chi connectivity index (χ1v) is 7.39. The second-order valence-corrected chi connectivity index (χ2v) is 5.55. The van der Waals surface area contributed by atoms with Gasteiger partial charge in [0.05, 0.1) is 17.7 Å². The van der Waals surface area contributed by atoms with Crippen molar-refractivity contribution in [1.29, 1.82) is 0 Å². The van der Waals surface area contributed by atoms with Gasteiger partial charge in [0.15, 0.2) is 0 Å². The molecule has 4 N–H and O–H groups in total. The van der Waals surface area contributed by atoms with Gasteiger partial charge in [0.25, 0.3) is 0 Å². The van der Waals surface area contributed by atoms with E-state index in [1.165, 1.54) is 12.1 Å². The number of aliphatic carboxylic acids is 1. The van der Waals surface area contributed by atoms with Gasteiger partial charge < -0.3 is 29.9 Å². The van der Waals surface area contributed by atoms with E-state index in [2.05, 4.69) is 0 Å². The van der Waals surface area contributed by atoms with Gasteiger partial charge in [0.1, 0.15) is 18.0 Å². The van der Waals surface area contributed by atoms with Crippen LogP contribution >= 0.6 is 11.6 Å². The van der Waals surface area contributed by atoms with Gasteiger partial charge in [0.2, 0.25) is 12.0 Å². The average molecular weight is 363 g/mol. The van der Waals surface area contributed by atoms with Crippen molar-refractivity contribution in [2.24, 2.45) is 0 Å². The number of carboxylic acid groups (broad SMARTS) is 1. The number of hydrogen-bond acceptors (Lipinski definition) is 6. The van der Waals surface area contributed by atoms with Gasteiger partial charge in [-0.05, 0) is 18.2 Å². The van der Waals surface area contributed by atoms with Gasteiger partial charge in [-0.1, -0.05) is 17.7 Å². The van der Waals surface area contributed by atoms with Gasteiger partial charge in [-0.2, -0.15) is 0 Å². The molecule has 0 aromatic heterocycles. The Kier molecular flexibility index (Phi) is 6.14. The van der Waals surface area contributed by atoms with E-state index in [1.807, 2.05) is 0 Å². The molecule has 132 valence electrons. The maximum Gasteiger partial charge on any atom is 0.371 e. The third-order valence-electron chi connectivity index (χ3n) is 3.46. The second-order valence-electron chi connectivity index (χ2n) is 5.15. The largest absolute Gasteiger partial charge is 0.475 e. The Bertz CT molecular complexity index is 616. The molecule has 7 nitrogen and oxygen atoms in total. The number of ether oxygens (including phenoxy) is 2. The number of halogens is 2. The minimum atomic E-state index is -1.50. The smallest absolute Gasteiger partial charge is 0.371 e. The van der Waals surface area contributed by atoms with Gasteiger partial charge in [-0.15, -0.1) is 0 Å². The van der Waals surface area contributed by atoms with Crippen LogP contribution in [-0.2, 0) is 14.3 Å². The van der Waals surface area contributed by atoms with Crippen molar-refractivity contribution < 1.29 is 39.1 Å². The Morgan fingerprint density at radius 2 is 2.17 bits per heavy atom. The van der Waals surface area contributed by atoms with Crippen molar-refractivity contribution in [3.05, 3.63) is 40.4 Å². The second kappa shape index (κ2) is 7.91. The Hall–Kier alpha value is -1.71. The Balaban J connectivity index is 2.23. The molecule has 4 unspecified atom stereocenters. The molecule has 1 aliphatic heterocycles. The quantitative estimate of drug-likeness (QED) is 0.451. The van der Waals surface area contributed by atoms with Crippen molar-refractivity contribution in [2.45, 2.75) is 31.0 Å². The molecule has 2 rings (SSSR count). The molecule has 1 aromatic carbocycles. The normalized spacial score (nSPS) is 27.8. The van der Waals surface area contributed by atoms with Gasteiger partial charge >= 0.3 is 5.97 Å². The Morgan fingerprint density at radius 3 is 2.75 bits per heavy atom. The maximum atomic E-state index is 13.8. The van der Waals surface area contributed by atoms with Crippen molar-refractivity contribution in [3.8, 4) is 0 Å². The van der Waals surface area contributed by atoms with Crippen LogP contribution < -0.4 is 0 Å². The fraction of sp³-hybridized carbons (Fsp3) is 0.400. The molecule has 0 radical (unpaired) electrons. The van der Waals surface area contributed by atoms with E-state index in [1.54, 1.807) is 0 Å². The van der Waals surface area contributed by atoms with E-state index in [9.17, 15) is 24.5 Å². The summed E-state index contributed by atoms with van der Waals surface area (Å²) in [5, 5.41) is 37.6. The zero-order valence-corrected chi connectivity index (χ0v) is 13.1. The zero-order valence-electron chi connectivity index (χ0n) is 12.3. The van der Waals surface area contributed by atoms with Crippen molar-refractivity contribution in [1.82, 2.24) is 0 Å². The molecule has 0 bridgehead atoms. The SMILES string of the molecule is O=C(O)C(=Cc1c(F)cccc1Cl)OC1CC(O)C(O)C(CO)O1. The van der Waals surface area contributed by atoms with E-state index >= 15 is 0 Å². The molecule has 1 heterocycles. The monoisotopic (exact) mass is 362 g/mol. The molecule has 0 spiro atoms. The highest BCUT2D eigenvalue weighted by molar-refractivity contribution is 6.32. The highest BCUT2D eigenvalue weighted by Gasteiger charge is 2.38. The fourth-order valence-electron chi connectivity index (χ4n) is 2.21. The van der Waals surface area contributed by atoms with Crippen LogP contribution in [0.5, 0.6) is 0 Å². The molecular weight excluding hydrogens is 347 g/mol. The van der Waals surface area contributed by atoms with Gasteiger partial charge in [-0.3, -0.25) is 0 Å². The van der Waals surface area contributed by atoms with Crippen LogP contribution in [0.4, 0.5) is 4.39 Å². The lowest BCUT2D eigenvalue weighted by Crippen LogP contribution is -2.50. The molecule has 1 aliphatic rings. The summed E-state index contributed by atoms with van der Waals surface area (Å²) < 4.78 is 24.1. The van der Waals surface area contributed by atoms with E-state index in [0.717, 1.165) is 12.1 Å². The lowest BCUT2D eigenvalue weighted by atomic mass is 10.0. The molecular formula is C15H16ClFO7. The summed E-state index contributed by atoms with van der Waals surface area (Å²) in [6.45, 7) is -0.594. The number of carbonyl (C=O) groups is 1. The van der Waals surface area contributed by atoms with Crippen LogP contribution in [0.2, 0.25) is 5.02 Å². The molecule has 0 amide bonds. The minimum Gasteiger partial charge on any atom is -0.475 e. The number of aliphatic hydroxyl groups excluding tert-OH is 3. The third-order valence-corrected chi connectivity index (χ3v) is 3.79. The van der Waals surface area contributed by atoms with Crippen LogP contribution in [0.1, 0.15) is 12.0 Å². The first-order chi connectivity index (χ1) is 11.3. The van der Waals surface area contributed by atoms with Crippen molar-refractivity contribution in [2.75, 3.05) is 6.61 Å². The zero-order chi connectivity index (χ0) is 17.9. The van der Waals surface area contributed by atoms with Crippen molar-refractivity contribution in [3.63, 3.8) is 0 Å². The van der Waals surface area contributed by atoms with Crippen LogP contribution in [0.25, 0.3) is 6.08 Å². The van der Waals surface area contributed by atoms with Gasteiger partial charge in [0, 0.05) is 12.0 Å². The third kappa shape index (κ3) is 4.22. The summed E-state index contributed by atoms with van der Waals surface area (Å²) in [5.74, 6) is -2.90. The summed E-state index contributed by atoms with van der Waals surface area (Å²) in [6, 6.07) is 3.86. The van der Waals surface area contributed by atoms with Crippen LogP contribution in [0, 0.1) is 5.82 Å². The molecule has 24 heavy (non-hydrogen) atoms. The molecule has 1 fully saturated rings. The number of benzene rings is 1. The highest BCUT2D eigenvalue weighted by Crippen LogP contribution is 2.26. The fourth-order valence-corrected chi connectivity index (χ4v) is 2.43.